The Morgan fingerprint density at radius 3 is 1.85 bits per heavy atom. The Morgan fingerprint density at radius 2 is 1.46 bits per heavy atom. The molecule has 0 heterocycles. The highest BCUT2D eigenvalue weighted by Gasteiger charge is 2.44. The van der Waals surface area contributed by atoms with E-state index in [1.807, 2.05) is 6.08 Å². The van der Waals surface area contributed by atoms with Gasteiger partial charge in [-0.1, -0.05) is 60.1 Å². The predicted octanol–water partition coefficient (Wildman–Crippen LogP) is 6.68. The van der Waals surface area contributed by atoms with E-state index in [9.17, 15) is 0 Å². The Labute approximate surface area is 164 Å². The average molecular weight is 393 g/mol. The van der Waals surface area contributed by atoms with Crippen LogP contribution in [0.25, 0.3) is 0 Å². The van der Waals surface area contributed by atoms with Crippen LogP contribution in [0.2, 0.25) is 36.3 Å². The molecule has 0 amide bonds. The maximum Gasteiger partial charge on any atom is 0.192 e. The van der Waals surface area contributed by atoms with Gasteiger partial charge in [0, 0.05) is 18.4 Å². The van der Waals surface area contributed by atoms with Gasteiger partial charge in [0.1, 0.15) is 0 Å². The summed E-state index contributed by atoms with van der Waals surface area (Å²) in [5.74, 6) is 2.89. The Bertz CT molecular complexity index is 595. The third-order valence-electron chi connectivity index (χ3n) is 6.51. The summed E-state index contributed by atoms with van der Waals surface area (Å²) in [6.45, 7) is 26.8. The largest absolute Gasteiger partial charge is 0.413 e. The van der Waals surface area contributed by atoms with Crippen molar-refractivity contribution < 1.29 is 8.85 Å². The topological polar surface area (TPSA) is 18.5 Å². The minimum Gasteiger partial charge on any atom is -0.413 e. The van der Waals surface area contributed by atoms with E-state index in [-0.39, 0.29) is 22.3 Å². The van der Waals surface area contributed by atoms with Gasteiger partial charge in [-0.25, -0.2) is 0 Å². The third-order valence-corrected chi connectivity index (χ3v) is 15.5. The first-order chi connectivity index (χ1) is 11.6. The highest BCUT2D eigenvalue weighted by molar-refractivity contribution is 6.74. The lowest BCUT2D eigenvalue weighted by Crippen LogP contribution is -2.49. The molecule has 26 heavy (non-hydrogen) atoms. The minimum atomic E-state index is -1.91. The lowest BCUT2D eigenvalue weighted by Gasteiger charge is -2.44. The molecule has 0 saturated carbocycles. The lowest BCUT2D eigenvalue weighted by molar-refractivity contribution is 0.101. The van der Waals surface area contributed by atoms with Crippen LogP contribution in [0.3, 0.4) is 0 Å². The van der Waals surface area contributed by atoms with Gasteiger partial charge in [0.05, 0.1) is 12.2 Å². The molecule has 0 N–H and O–H groups in total. The van der Waals surface area contributed by atoms with Crippen LogP contribution < -0.4 is 0 Å². The molecule has 0 aliphatic heterocycles. The molecule has 0 unspecified atom stereocenters. The van der Waals surface area contributed by atoms with Crippen molar-refractivity contribution in [3.63, 3.8) is 0 Å². The molecule has 4 heteroatoms. The van der Waals surface area contributed by atoms with Crippen LogP contribution >= 0.6 is 0 Å². The van der Waals surface area contributed by atoms with Gasteiger partial charge < -0.3 is 8.85 Å². The molecule has 0 bridgehead atoms. The van der Waals surface area contributed by atoms with E-state index in [4.69, 9.17) is 15.3 Å². The molecule has 0 spiro atoms. The van der Waals surface area contributed by atoms with Crippen LogP contribution in [0, 0.1) is 12.3 Å². The number of rotatable bonds is 5. The molecule has 0 aromatic rings. The molecule has 1 rings (SSSR count). The summed E-state index contributed by atoms with van der Waals surface area (Å²) >= 11 is 0. The second kappa shape index (κ2) is 7.79. The van der Waals surface area contributed by atoms with Crippen molar-refractivity contribution in [2.45, 2.75) is 103 Å². The van der Waals surface area contributed by atoms with Crippen LogP contribution in [0.5, 0.6) is 0 Å². The quantitative estimate of drug-likeness (QED) is 0.384. The van der Waals surface area contributed by atoms with Crippen molar-refractivity contribution in [3.8, 4) is 12.3 Å². The average Bonchev–Trinajstić information content (AvgIpc) is 2.43. The second-order valence-electron chi connectivity index (χ2n) is 10.6. The van der Waals surface area contributed by atoms with Crippen molar-refractivity contribution >= 4 is 16.6 Å². The zero-order valence-electron chi connectivity index (χ0n) is 18.7. The van der Waals surface area contributed by atoms with E-state index in [1.54, 1.807) is 0 Å². The SMILES string of the molecule is C#CC1=C(C=C)[C@@H](O[Si](C)(C)C(C)(C)C)C[C@H](O[Si](C)(C)C(C)(C)C)C1. The van der Waals surface area contributed by atoms with Gasteiger partial charge in [-0.15, -0.1) is 6.42 Å². The van der Waals surface area contributed by atoms with E-state index < -0.39 is 16.6 Å². The molecule has 0 fully saturated rings. The van der Waals surface area contributed by atoms with Crippen LogP contribution in [-0.4, -0.2) is 28.8 Å². The summed E-state index contributed by atoms with van der Waals surface area (Å²) in [6, 6.07) is 0. The van der Waals surface area contributed by atoms with Gasteiger partial charge in [-0.3, -0.25) is 0 Å². The van der Waals surface area contributed by atoms with E-state index in [1.165, 1.54) is 0 Å². The molecule has 2 nitrogen and oxygen atoms in total. The number of hydrogen-bond acceptors (Lipinski definition) is 2. The van der Waals surface area contributed by atoms with Crippen LogP contribution in [0.4, 0.5) is 0 Å². The van der Waals surface area contributed by atoms with Gasteiger partial charge in [-0.05, 0) is 41.8 Å². The molecule has 0 aromatic carbocycles. The van der Waals surface area contributed by atoms with Gasteiger partial charge in [0.2, 0.25) is 0 Å². The van der Waals surface area contributed by atoms with Crippen molar-refractivity contribution in [2.75, 3.05) is 0 Å². The Morgan fingerprint density at radius 1 is 1.00 bits per heavy atom. The standard InChI is InChI=1S/C22H40O2Si2/c1-13-17-15-18(23-25(9,10)21(3,4)5)16-20(19(17)14-2)24-26(11,12)22(6,7)8/h1,14,18,20H,2,15-16H2,3-12H3/t18-,20+/m1/s1. The van der Waals surface area contributed by atoms with Crippen molar-refractivity contribution in [2.24, 2.45) is 0 Å². The van der Waals surface area contributed by atoms with Gasteiger partial charge >= 0.3 is 0 Å². The first-order valence-corrected chi connectivity index (χ1v) is 15.5. The van der Waals surface area contributed by atoms with Crippen LogP contribution in [0.1, 0.15) is 54.4 Å². The fourth-order valence-corrected chi connectivity index (χ4v) is 5.37. The first-order valence-electron chi connectivity index (χ1n) is 9.73. The Hall–Kier alpha value is -0.606. The molecule has 148 valence electrons. The van der Waals surface area contributed by atoms with Crippen molar-refractivity contribution in [1.82, 2.24) is 0 Å². The van der Waals surface area contributed by atoms with Crippen molar-refractivity contribution in [3.05, 3.63) is 23.8 Å². The maximum atomic E-state index is 6.76. The molecule has 0 saturated heterocycles. The fourth-order valence-electron chi connectivity index (χ4n) is 2.71. The zero-order chi connectivity index (χ0) is 20.6. The van der Waals surface area contributed by atoms with E-state index >= 15 is 0 Å². The van der Waals surface area contributed by atoms with Crippen molar-refractivity contribution in [1.29, 1.82) is 0 Å². The second-order valence-corrected chi connectivity index (χ2v) is 20.1. The fraction of sp³-hybridized carbons (Fsp3) is 0.727. The summed E-state index contributed by atoms with van der Waals surface area (Å²) in [5, 5.41) is 0.338. The normalized spacial score (nSPS) is 23.0. The lowest BCUT2D eigenvalue weighted by atomic mass is 9.88. The summed E-state index contributed by atoms with van der Waals surface area (Å²) in [7, 11) is -3.77. The molecule has 0 aromatic heterocycles. The van der Waals surface area contributed by atoms with Gasteiger partial charge in [0.25, 0.3) is 0 Å². The molecule has 1 aliphatic rings. The monoisotopic (exact) mass is 392 g/mol. The minimum absolute atomic E-state index is 0.0111. The van der Waals surface area contributed by atoms with E-state index in [2.05, 4.69) is 80.2 Å². The van der Waals surface area contributed by atoms with Crippen LogP contribution in [-0.2, 0) is 8.85 Å². The molecule has 0 radical (unpaired) electrons. The summed E-state index contributed by atoms with van der Waals surface area (Å²) < 4.78 is 13.5. The maximum absolute atomic E-state index is 6.76. The summed E-state index contributed by atoms with van der Waals surface area (Å²) in [5.41, 5.74) is 2.09. The molecule has 2 atom stereocenters. The molecule has 1 aliphatic carbocycles. The predicted molar refractivity (Wildman–Crippen MR) is 119 cm³/mol. The summed E-state index contributed by atoms with van der Waals surface area (Å²) in [6.07, 6.45) is 9.52. The highest BCUT2D eigenvalue weighted by Crippen LogP contribution is 2.43. The smallest absolute Gasteiger partial charge is 0.192 e. The zero-order valence-corrected chi connectivity index (χ0v) is 20.7. The highest BCUT2D eigenvalue weighted by atomic mass is 28.4. The van der Waals surface area contributed by atoms with E-state index in [0.717, 1.165) is 24.0 Å². The molecular weight excluding hydrogens is 352 g/mol. The Balaban J connectivity index is 3.17. The summed E-state index contributed by atoms with van der Waals surface area (Å²) in [4.78, 5) is 0. The van der Waals surface area contributed by atoms with E-state index in [0.29, 0.717) is 0 Å². The number of terminal acetylenes is 1. The third kappa shape index (κ3) is 5.22. The first kappa shape index (κ1) is 23.4. The van der Waals surface area contributed by atoms with Gasteiger partial charge in [0.15, 0.2) is 16.6 Å². The number of hydrogen-bond donors (Lipinski definition) is 0. The molecular formula is C22H40O2Si2. The Kier molecular flexibility index (Phi) is 7.02. The van der Waals surface area contributed by atoms with Gasteiger partial charge in [-0.2, -0.15) is 0 Å². The van der Waals surface area contributed by atoms with Crippen LogP contribution in [0.15, 0.2) is 23.8 Å².